The van der Waals surface area contributed by atoms with Crippen LogP contribution in [0.25, 0.3) is 0 Å². The monoisotopic (exact) mass is 535 g/mol. The quantitative estimate of drug-likeness (QED) is 0.364. The number of aliphatic imine (C=N–C) groups is 1. The van der Waals surface area contributed by atoms with E-state index in [1.165, 1.54) is 12.8 Å². The number of aromatic nitrogens is 1. The third-order valence-electron chi connectivity index (χ3n) is 5.92. The highest BCUT2D eigenvalue weighted by Gasteiger charge is 2.40. The molecular formula is C20H34IN5O2S. The van der Waals surface area contributed by atoms with Crippen molar-refractivity contribution < 1.29 is 8.42 Å². The molecule has 7 nitrogen and oxygen atoms in total. The molecule has 0 unspecified atom stereocenters. The van der Waals surface area contributed by atoms with Crippen LogP contribution in [0.15, 0.2) is 23.3 Å². The van der Waals surface area contributed by atoms with Crippen molar-refractivity contribution in [1.29, 1.82) is 0 Å². The predicted molar refractivity (Wildman–Crippen MR) is 130 cm³/mol. The summed E-state index contributed by atoms with van der Waals surface area (Å²) >= 11 is 0. The standard InChI is InChI=1S/C20H33N5O2S.HI/c1-16-7-9-24(10-8-16)18-6-5-17(13-22-18)14-23-19(21-4)25-11-12-28(26,27)20(2,3)15-25;/h5-6,13,16H,7-12,14-15H2,1-4H3,(H,21,23);1H. The summed E-state index contributed by atoms with van der Waals surface area (Å²) in [6.45, 7) is 9.55. The number of rotatable bonds is 3. The van der Waals surface area contributed by atoms with E-state index in [0.717, 1.165) is 36.3 Å². The van der Waals surface area contributed by atoms with Crippen LogP contribution in [0.3, 0.4) is 0 Å². The Kier molecular flexibility index (Phi) is 8.17. The first kappa shape index (κ1) is 24.2. The Morgan fingerprint density at radius 3 is 2.52 bits per heavy atom. The Morgan fingerprint density at radius 1 is 1.28 bits per heavy atom. The summed E-state index contributed by atoms with van der Waals surface area (Å²) in [4.78, 5) is 13.4. The van der Waals surface area contributed by atoms with Gasteiger partial charge < -0.3 is 15.1 Å². The number of nitrogens with zero attached hydrogens (tertiary/aromatic N) is 4. The smallest absolute Gasteiger partial charge is 0.193 e. The van der Waals surface area contributed by atoms with Crippen molar-refractivity contribution in [3.8, 4) is 0 Å². The molecule has 0 atom stereocenters. The lowest BCUT2D eigenvalue weighted by Crippen LogP contribution is -2.57. The Hall–Kier alpha value is -1.10. The molecule has 0 spiro atoms. The fraction of sp³-hybridized carbons (Fsp3) is 0.700. The third kappa shape index (κ3) is 5.74. The molecule has 1 N–H and O–H groups in total. The highest BCUT2D eigenvalue weighted by atomic mass is 127. The summed E-state index contributed by atoms with van der Waals surface area (Å²) < 4.78 is 23.7. The van der Waals surface area contributed by atoms with E-state index in [0.29, 0.717) is 19.6 Å². The maximum atomic E-state index is 12.2. The minimum Gasteiger partial charge on any atom is -0.357 e. The van der Waals surface area contributed by atoms with Crippen LogP contribution in [-0.4, -0.2) is 68.0 Å². The van der Waals surface area contributed by atoms with Gasteiger partial charge in [0.15, 0.2) is 15.8 Å². The van der Waals surface area contributed by atoms with Crippen LogP contribution < -0.4 is 10.2 Å². The van der Waals surface area contributed by atoms with Gasteiger partial charge in [-0.15, -0.1) is 24.0 Å². The van der Waals surface area contributed by atoms with Crippen molar-refractivity contribution in [3.63, 3.8) is 0 Å². The number of guanidine groups is 1. The van der Waals surface area contributed by atoms with Crippen molar-refractivity contribution >= 4 is 45.6 Å². The topological polar surface area (TPSA) is 77.9 Å². The molecule has 0 aliphatic carbocycles. The van der Waals surface area contributed by atoms with Crippen molar-refractivity contribution in [1.82, 2.24) is 15.2 Å². The predicted octanol–water partition coefficient (Wildman–Crippen LogP) is 2.52. The van der Waals surface area contributed by atoms with Crippen molar-refractivity contribution in [3.05, 3.63) is 23.9 Å². The zero-order valence-electron chi connectivity index (χ0n) is 17.9. The molecule has 0 aromatic carbocycles. The minimum absolute atomic E-state index is 0. The van der Waals surface area contributed by atoms with Gasteiger partial charge in [0.2, 0.25) is 0 Å². The SMILES string of the molecule is CN=C(NCc1ccc(N2CCC(C)CC2)nc1)N1CCS(=O)(=O)C(C)(C)C1.I. The highest BCUT2D eigenvalue weighted by Crippen LogP contribution is 2.24. The van der Waals surface area contributed by atoms with Gasteiger partial charge in [-0.2, -0.15) is 0 Å². The molecule has 9 heteroatoms. The maximum Gasteiger partial charge on any atom is 0.193 e. The molecule has 0 saturated carbocycles. The average Bonchev–Trinajstić information content (AvgIpc) is 2.66. The molecule has 2 saturated heterocycles. The van der Waals surface area contributed by atoms with E-state index in [4.69, 9.17) is 0 Å². The zero-order valence-corrected chi connectivity index (χ0v) is 21.0. The van der Waals surface area contributed by atoms with Gasteiger partial charge >= 0.3 is 0 Å². The zero-order chi connectivity index (χ0) is 20.4. The molecule has 0 bridgehead atoms. The molecule has 3 rings (SSSR count). The highest BCUT2D eigenvalue weighted by molar-refractivity contribution is 14.0. The summed E-state index contributed by atoms with van der Waals surface area (Å²) in [6.07, 6.45) is 4.37. The van der Waals surface area contributed by atoms with Crippen molar-refractivity contribution in [2.45, 2.75) is 44.9 Å². The molecule has 3 heterocycles. The molecule has 1 aromatic rings. The van der Waals surface area contributed by atoms with Crippen molar-refractivity contribution in [2.75, 3.05) is 43.9 Å². The van der Waals surface area contributed by atoms with Crippen LogP contribution in [-0.2, 0) is 16.4 Å². The van der Waals surface area contributed by atoms with E-state index in [1.807, 2.05) is 11.1 Å². The Labute approximate surface area is 192 Å². The summed E-state index contributed by atoms with van der Waals surface area (Å²) in [5, 5.41) is 3.35. The number of hydrogen-bond acceptors (Lipinski definition) is 5. The summed E-state index contributed by atoms with van der Waals surface area (Å²) in [6, 6.07) is 4.19. The van der Waals surface area contributed by atoms with Crippen LogP contribution in [0.1, 0.15) is 39.2 Å². The second kappa shape index (κ2) is 9.80. The van der Waals surface area contributed by atoms with Crippen LogP contribution in [0.5, 0.6) is 0 Å². The fourth-order valence-electron chi connectivity index (χ4n) is 3.78. The lowest BCUT2D eigenvalue weighted by atomic mass is 9.99. The van der Waals surface area contributed by atoms with Gasteiger partial charge in [0.25, 0.3) is 0 Å². The first-order valence-electron chi connectivity index (χ1n) is 10.1. The summed E-state index contributed by atoms with van der Waals surface area (Å²) in [7, 11) is -1.33. The largest absolute Gasteiger partial charge is 0.357 e. The molecule has 2 fully saturated rings. The average molecular weight is 535 g/mol. The van der Waals surface area contributed by atoms with Gasteiger partial charge in [0.1, 0.15) is 5.82 Å². The van der Waals surface area contributed by atoms with Crippen LogP contribution in [0, 0.1) is 5.92 Å². The second-order valence-electron chi connectivity index (χ2n) is 8.60. The number of nitrogens with one attached hydrogen (secondary N) is 1. The summed E-state index contributed by atoms with van der Waals surface area (Å²) in [5.41, 5.74) is 1.08. The number of piperidine rings is 1. The molecule has 0 radical (unpaired) electrons. The molecule has 29 heavy (non-hydrogen) atoms. The Balaban J connectivity index is 0.00000300. The first-order valence-corrected chi connectivity index (χ1v) is 11.7. The molecule has 1 aromatic heterocycles. The number of pyridine rings is 1. The Bertz CT molecular complexity index is 803. The Morgan fingerprint density at radius 2 is 1.97 bits per heavy atom. The van der Waals surface area contributed by atoms with E-state index in [9.17, 15) is 8.42 Å². The van der Waals surface area contributed by atoms with E-state index in [2.05, 4.69) is 39.2 Å². The molecule has 2 aliphatic rings. The second-order valence-corrected chi connectivity index (χ2v) is 11.3. The summed E-state index contributed by atoms with van der Waals surface area (Å²) in [5.74, 6) is 2.74. The maximum absolute atomic E-state index is 12.2. The van der Waals surface area contributed by atoms with Crippen LogP contribution in [0.2, 0.25) is 0 Å². The van der Waals surface area contributed by atoms with E-state index < -0.39 is 14.6 Å². The van der Waals surface area contributed by atoms with Crippen LogP contribution >= 0.6 is 24.0 Å². The molecular weight excluding hydrogens is 501 g/mol. The molecule has 164 valence electrons. The lowest BCUT2D eigenvalue weighted by Gasteiger charge is -2.39. The number of sulfone groups is 1. The van der Waals surface area contributed by atoms with Gasteiger partial charge in [0.05, 0.1) is 10.5 Å². The number of anilines is 1. The van der Waals surface area contributed by atoms with E-state index in [1.54, 1.807) is 20.9 Å². The molecule has 2 aliphatic heterocycles. The van der Waals surface area contributed by atoms with Gasteiger partial charge in [0, 0.05) is 46.0 Å². The van der Waals surface area contributed by atoms with E-state index in [-0.39, 0.29) is 29.7 Å². The van der Waals surface area contributed by atoms with E-state index >= 15 is 0 Å². The van der Waals surface area contributed by atoms with Gasteiger partial charge in [-0.1, -0.05) is 13.0 Å². The number of halogens is 1. The first-order chi connectivity index (χ1) is 13.2. The fourth-order valence-corrected chi connectivity index (χ4v) is 5.15. The molecule has 0 amide bonds. The third-order valence-corrected chi connectivity index (χ3v) is 8.46. The lowest BCUT2D eigenvalue weighted by molar-refractivity contribution is 0.353. The number of hydrogen-bond donors (Lipinski definition) is 1. The van der Waals surface area contributed by atoms with Crippen molar-refractivity contribution in [2.24, 2.45) is 10.9 Å². The minimum atomic E-state index is -3.06. The normalized spacial score (nSPS) is 22.1. The van der Waals surface area contributed by atoms with Gasteiger partial charge in [-0.05, 0) is 44.2 Å². The van der Waals surface area contributed by atoms with Gasteiger partial charge in [-0.25, -0.2) is 13.4 Å². The van der Waals surface area contributed by atoms with Crippen LogP contribution in [0.4, 0.5) is 5.82 Å². The van der Waals surface area contributed by atoms with Gasteiger partial charge in [-0.3, -0.25) is 4.99 Å².